The van der Waals surface area contributed by atoms with Gasteiger partial charge in [-0.3, -0.25) is 15.0 Å². The van der Waals surface area contributed by atoms with Crippen molar-refractivity contribution in [3.05, 3.63) is 89.7 Å². The number of nitrogens with one attached hydrogen (secondary N) is 3. The van der Waals surface area contributed by atoms with Crippen LogP contribution in [0.25, 0.3) is 33.4 Å². The number of halogens is 1. The van der Waals surface area contributed by atoms with Crippen molar-refractivity contribution in [3.63, 3.8) is 0 Å². The lowest BCUT2D eigenvalue weighted by Gasteiger charge is -2.16. The van der Waals surface area contributed by atoms with Crippen molar-refractivity contribution in [2.75, 3.05) is 39.3 Å². The van der Waals surface area contributed by atoms with Gasteiger partial charge in [-0.2, -0.15) is 5.10 Å². The molecule has 40 heavy (non-hydrogen) atoms. The number of hydrogen-bond acceptors (Lipinski definition) is 5. The number of pyridine rings is 1. The number of rotatable bonds is 9. The number of benzene rings is 1. The highest BCUT2D eigenvalue weighted by atomic mass is 19.1. The van der Waals surface area contributed by atoms with Crippen LogP contribution in [-0.4, -0.2) is 64.4 Å². The average Bonchev–Trinajstić information content (AvgIpc) is 3.72. The second kappa shape index (κ2) is 11.6. The van der Waals surface area contributed by atoms with Crippen LogP contribution < -0.4 is 10.1 Å². The first-order chi connectivity index (χ1) is 19.6. The van der Waals surface area contributed by atoms with Crippen LogP contribution in [-0.2, 0) is 0 Å². The second-order valence-corrected chi connectivity index (χ2v) is 10.5. The Kier molecular flexibility index (Phi) is 7.62. The molecule has 4 aromatic rings. The lowest BCUT2D eigenvalue weighted by molar-refractivity contribution is 0.237. The number of likely N-dealkylation sites (tertiary alicyclic amines) is 1. The molecule has 2 aliphatic rings. The third-order valence-corrected chi connectivity index (χ3v) is 7.74. The fraction of sp³-hybridized carbons (Fsp3) is 0.312. The Balaban J connectivity index is 1.30. The Bertz CT molecular complexity index is 1590. The fourth-order valence-electron chi connectivity index (χ4n) is 5.68. The molecular weight excluding hydrogens is 503 g/mol. The summed E-state index contributed by atoms with van der Waals surface area (Å²) in [6.07, 6.45) is 11.1. The van der Waals surface area contributed by atoms with Gasteiger partial charge in [0, 0.05) is 35.8 Å². The minimum atomic E-state index is -0.331. The lowest BCUT2D eigenvalue weighted by atomic mass is 9.97. The highest BCUT2D eigenvalue weighted by Gasteiger charge is 2.19. The molecule has 3 aromatic heterocycles. The Morgan fingerprint density at radius 2 is 2.05 bits per heavy atom. The molecule has 7 nitrogen and oxygen atoms in total. The number of allylic oxidation sites excluding steroid dienone is 2. The SMILES string of the molecule is C=C/C=C(/c1cc(F)cc(OCCN2CCCC2)c1)c1cc(-c2n[nH]c3cnc(C4=CCNCC4)cc23)[nH]c1C. The molecule has 0 saturated carbocycles. The second-order valence-electron chi connectivity index (χ2n) is 10.5. The maximum Gasteiger partial charge on any atom is 0.127 e. The summed E-state index contributed by atoms with van der Waals surface area (Å²) in [6, 6.07) is 9.09. The summed E-state index contributed by atoms with van der Waals surface area (Å²) in [4.78, 5) is 10.6. The number of aromatic amines is 2. The monoisotopic (exact) mass is 538 g/mol. The average molecular weight is 539 g/mol. The summed E-state index contributed by atoms with van der Waals surface area (Å²) < 4.78 is 20.8. The summed E-state index contributed by atoms with van der Waals surface area (Å²) in [5, 5.41) is 12.1. The molecule has 0 radical (unpaired) electrons. The molecule has 3 N–H and O–H groups in total. The number of H-pyrrole nitrogens is 2. The first-order valence-electron chi connectivity index (χ1n) is 14.0. The van der Waals surface area contributed by atoms with Gasteiger partial charge in [-0.1, -0.05) is 24.8 Å². The van der Waals surface area contributed by atoms with Gasteiger partial charge in [0.2, 0.25) is 0 Å². The van der Waals surface area contributed by atoms with Gasteiger partial charge in [0.15, 0.2) is 0 Å². The molecule has 0 unspecified atom stereocenters. The van der Waals surface area contributed by atoms with E-state index in [4.69, 9.17) is 4.74 Å². The third kappa shape index (κ3) is 5.50. The lowest BCUT2D eigenvalue weighted by Crippen LogP contribution is -2.25. The molecule has 0 bridgehead atoms. The summed E-state index contributed by atoms with van der Waals surface area (Å²) in [5.41, 5.74) is 8.31. The van der Waals surface area contributed by atoms with E-state index < -0.39 is 0 Å². The zero-order chi connectivity index (χ0) is 27.5. The Labute approximate surface area is 233 Å². The van der Waals surface area contributed by atoms with E-state index in [0.29, 0.717) is 12.4 Å². The smallest absolute Gasteiger partial charge is 0.127 e. The highest BCUT2D eigenvalue weighted by Crippen LogP contribution is 2.35. The molecule has 2 aliphatic heterocycles. The van der Waals surface area contributed by atoms with Crippen LogP contribution in [0.5, 0.6) is 5.75 Å². The topological polar surface area (TPSA) is 81.9 Å². The molecule has 0 amide bonds. The summed E-state index contributed by atoms with van der Waals surface area (Å²) >= 11 is 0. The number of hydrogen-bond donors (Lipinski definition) is 3. The fourth-order valence-corrected chi connectivity index (χ4v) is 5.68. The van der Waals surface area contributed by atoms with Crippen LogP contribution in [0.4, 0.5) is 4.39 Å². The zero-order valence-electron chi connectivity index (χ0n) is 22.9. The van der Waals surface area contributed by atoms with E-state index in [9.17, 15) is 4.39 Å². The van der Waals surface area contributed by atoms with Gasteiger partial charge in [0.1, 0.15) is 23.9 Å². The molecule has 1 saturated heterocycles. The van der Waals surface area contributed by atoms with E-state index in [1.807, 2.05) is 25.3 Å². The Hall–Kier alpha value is -4.01. The van der Waals surface area contributed by atoms with Gasteiger partial charge in [-0.25, -0.2) is 4.39 Å². The predicted octanol–water partition coefficient (Wildman–Crippen LogP) is 5.87. The van der Waals surface area contributed by atoms with E-state index in [1.165, 1.54) is 24.5 Å². The molecule has 0 spiro atoms. The van der Waals surface area contributed by atoms with E-state index >= 15 is 0 Å². The molecule has 206 valence electrons. The Morgan fingerprint density at radius 1 is 1.18 bits per heavy atom. The number of ether oxygens (including phenoxy) is 1. The van der Waals surface area contributed by atoms with Gasteiger partial charge < -0.3 is 15.0 Å². The number of fused-ring (bicyclic) bond motifs is 1. The molecule has 0 atom stereocenters. The molecule has 1 fully saturated rings. The van der Waals surface area contributed by atoms with Crippen molar-refractivity contribution in [1.82, 2.24) is 30.4 Å². The number of nitrogens with zero attached hydrogens (tertiary/aromatic N) is 3. The predicted molar refractivity (Wildman–Crippen MR) is 159 cm³/mol. The van der Waals surface area contributed by atoms with Crippen molar-refractivity contribution in [1.29, 1.82) is 0 Å². The number of aromatic nitrogens is 4. The van der Waals surface area contributed by atoms with Crippen LogP contribution >= 0.6 is 0 Å². The summed E-state index contributed by atoms with van der Waals surface area (Å²) in [6.45, 7) is 11.4. The largest absolute Gasteiger partial charge is 0.492 e. The van der Waals surface area contributed by atoms with E-state index in [0.717, 1.165) is 89.5 Å². The maximum atomic E-state index is 14.8. The molecule has 5 heterocycles. The molecule has 0 aliphatic carbocycles. The first kappa shape index (κ1) is 26.2. The third-order valence-electron chi connectivity index (χ3n) is 7.74. The van der Waals surface area contributed by atoms with Crippen molar-refractivity contribution in [2.24, 2.45) is 0 Å². The van der Waals surface area contributed by atoms with Gasteiger partial charge in [0.05, 0.1) is 23.1 Å². The Morgan fingerprint density at radius 3 is 2.85 bits per heavy atom. The molecular formula is C32H35FN6O. The minimum Gasteiger partial charge on any atom is -0.492 e. The van der Waals surface area contributed by atoms with Gasteiger partial charge in [0.25, 0.3) is 0 Å². The summed E-state index contributed by atoms with van der Waals surface area (Å²) in [5.74, 6) is 0.200. The van der Waals surface area contributed by atoms with E-state index in [-0.39, 0.29) is 5.82 Å². The van der Waals surface area contributed by atoms with Crippen molar-refractivity contribution in [2.45, 2.75) is 26.2 Å². The van der Waals surface area contributed by atoms with Crippen molar-refractivity contribution in [3.8, 4) is 17.1 Å². The first-order valence-corrected chi connectivity index (χ1v) is 14.0. The molecule has 8 heteroatoms. The minimum absolute atomic E-state index is 0.331. The van der Waals surface area contributed by atoms with E-state index in [1.54, 1.807) is 12.1 Å². The summed E-state index contributed by atoms with van der Waals surface area (Å²) in [7, 11) is 0. The zero-order valence-corrected chi connectivity index (χ0v) is 22.9. The van der Waals surface area contributed by atoms with Crippen LogP contribution in [0, 0.1) is 12.7 Å². The van der Waals surface area contributed by atoms with E-state index in [2.05, 4.69) is 55.2 Å². The van der Waals surface area contributed by atoms with Crippen LogP contribution in [0.2, 0.25) is 0 Å². The maximum absolute atomic E-state index is 14.8. The van der Waals surface area contributed by atoms with Crippen LogP contribution in [0.1, 0.15) is 41.8 Å². The van der Waals surface area contributed by atoms with Crippen LogP contribution in [0.15, 0.2) is 61.3 Å². The highest BCUT2D eigenvalue weighted by molar-refractivity contribution is 5.94. The normalized spacial score (nSPS) is 16.4. The van der Waals surface area contributed by atoms with Gasteiger partial charge >= 0.3 is 0 Å². The van der Waals surface area contributed by atoms with Crippen molar-refractivity contribution < 1.29 is 9.13 Å². The van der Waals surface area contributed by atoms with Crippen LogP contribution in [0.3, 0.4) is 0 Å². The quantitative estimate of drug-likeness (QED) is 0.232. The number of aryl methyl sites for hydroxylation is 1. The molecule has 1 aromatic carbocycles. The van der Waals surface area contributed by atoms with Crippen molar-refractivity contribution >= 4 is 22.0 Å². The molecule has 6 rings (SSSR count). The van der Waals surface area contributed by atoms with Gasteiger partial charge in [-0.15, -0.1) is 0 Å². The standard InChI is InChI=1S/C32H35FN6O/c1-3-6-26(23-15-24(33)17-25(16-23)40-14-13-39-11-4-5-12-39)27-18-30(36-21(27)2)32-28-19-29(22-7-9-34-10-8-22)35-20-31(28)37-38-32/h3,6-7,15-20,34,36H,1,4-5,8-14H2,2H3,(H,37,38)/b26-6-. The van der Waals surface area contributed by atoms with Gasteiger partial charge in [-0.05, 0) is 86.8 Å².